The summed E-state index contributed by atoms with van der Waals surface area (Å²) in [6.07, 6.45) is 0. The maximum atomic E-state index is 12.4. The molecule has 156 valence electrons. The highest BCUT2D eigenvalue weighted by molar-refractivity contribution is 7.16. The number of morpholine rings is 1. The van der Waals surface area contributed by atoms with Crippen LogP contribution in [0.3, 0.4) is 0 Å². The zero-order valence-corrected chi connectivity index (χ0v) is 17.8. The average molecular weight is 424 g/mol. The van der Waals surface area contributed by atoms with Crippen molar-refractivity contribution in [1.82, 2.24) is 9.88 Å². The highest BCUT2D eigenvalue weighted by Crippen LogP contribution is 2.32. The fourth-order valence-electron chi connectivity index (χ4n) is 3.31. The molecule has 0 unspecified atom stereocenters. The molecule has 0 atom stereocenters. The summed E-state index contributed by atoms with van der Waals surface area (Å²) in [5.41, 5.74) is 3.06. The van der Waals surface area contributed by atoms with Gasteiger partial charge in [0, 0.05) is 30.1 Å². The number of benzene rings is 2. The van der Waals surface area contributed by atoms with Crippen molar-refractivity contribution in [3.05, 3.63) is 65.0 Å². The van der Waals surface area contributed by atoms with Crippen molar-refractivity contribution in [2.24, 2.45) is 0 Å². The summed E-state index contributed by atoms with van der Waals surface area (Å²) < 4.78 is 11.1. The highest BCUT2D eigenvalue weighted by atomic mass is 32.1. The van der Waals surface area contributed by atoms with E-state index in [4.69, 9.17) is 14.5 Å². The summed E-state index contributed by atoms with van der Waals surface area (Å²) in [7, 11) is 0. The lowest BCUT2D eigenvalue weighted by molar-refractivity contribution is -0.118. The smallest absolute Gasteiger partial charge is 0.264 e. The zero-order chi connectivity index (χ0) is 20.8. The number of carbonyl (C=O) groups is 1. The van der Waals surface area contributed by atoms with E-state index in [9.17, 15) is 4.79 Å². The number of rotatable bonds is 7. The number of aryl methyl sites for hydroxylation is 1. The van der Waals surface area contributed by atoms with E-state index in [1.54, 1.807) is 0 Å². The number of hydrogen-bond donors (Lipinski definition) is 1. The third-order valence-corrected chi connectivity index (χ3v) is 5.78. The molecule has 0 radical (unpaired) electrons. The van der Waals surface area contributed by atoms with Gasteiger partial charge in [0.05, 0.1) is 18.9 Å². The number of ether oxygens (including phenoxy) is 2. The van der Waals surface area contributed by atoms with Crippen LogP contribution in [0.2, 0.25) is 0 Å². The van der Waals surface area contributed by atoms with Gasteiger partial charge in [-0.15, -0.1) is 0 Å². The molecule has 1 aliphatic rings. The normalized spacial score (nSPS) is 14.4. The fraction of sp³-hybridized carbons (Fsp3) is 0.304. The Morgan fingerprint density at radius 3 is 2.73 bits per heavy atom. The van der Waals surface area contributed by atoms with E-state index in [1.807, 2.05) is 61.5 Å². The van der Waals surface area contributed by atoms with Gasteiger partial charge in [0.1, 0.15) is 5.75 Å². The topological polar surface area (TPSA) is 63.7 Å². The molecule has 0 spiro atoms. The second-order valence-corrected chi connectivity index (χ2v) is 8.28. The Bertz CT molecular complexity index is 984. The first-order valence-corrected chi connectivity index (χ1v) is 10.8. The van der Waals surface area contributed by atoms with E-state index in [1.165, 1.54) is 11.3 Å². The maximum Gasteiger partial charge on any atom is 0.264 e. The molecule has 0 aliphatic carbocycles. The number of anilines is 1. The Balaban J connectivity index is 1.46. The second-order valence-electron chi connectivity index (χ2n) is 7.20. The minimum atomic E-state index is -0.220. The molecule has 30 heavy (non-hydrogen) atoms. The standard InChI is InChI=1S/C23H25N3O3S/c1-17-6-5-9-19(14-17)29-16-21(27)24-23-25-22(18-7-3-2-4-8-18)20(30-23)15-26-10-12-28-13-11-26/h2-9,14H,10-13,15-16H2,1H3,(H,24,25,27). The number of hydrogen-bond acceptors (Lipinski definition) is 6. The van der Waals surface area contributed by atoms with Crippen LogP contribution in [-0.2, 0) is 16.1 Å². The third kappa shape index (κ3) is 5.44. The lowest BCUT2D eigenvalue weighted by atomic mass is 10.1. The Morgan fingerprint density at radius 2 is 1.97 bits per heavy atom. The molecule has 1 aromatic heterocycles. The van der Waals surface area contributed by atoms with Crippen LogP contribution in [0.15, 0.2) is 54.6 Å². The largest absolute Gasteiger partial charge is 0.484 e. The van der Waals surface area contributed by atoms with Gasteiger partial charge in [0.25, 0.3) is 5.91 Å². The molecule has 0 saturated carbocycles. The van der Waals surface area contributed by atoms with Crippen LogP contribution < -0.4 is 10.1 Å². The lowest BCUT2D eigenvalue weighted by Gasteiger charge is -2.26. The van der Waals surface area contributed by atoms with Gasteiger partial charge in [-0.25, -0.2) is 4.98 Å². The molecule has 7 heteroatoms. The molecular weight excluding hydrogens is 398 g/mol. The average Bonchev–Trinajstić information content (AvgIpc) is 3.15. The number of amides is 1. The first-order chi connectivity index (χ1) is 14.7. The minimum Gasteiger partial charge on any atom is -0.484 e. The number of thiazole rings is 1. The maximum absolute atomic E-state index is 12.4. The van der Waals surface area contributed by atoms with Gasteiger partial charge < -0.3 is 9.47 Å². The number of carbonyl (C=O) groups excluding carboxylic acids is 1. The minimum absolute atomic E-state index is 0.0531. The first kappa shape index (κ1) is 20.5. The van der Waals surface area contributed by atoms with Gasteiger partial charge in [0.15, 0.2) is 11.7 Å². The van der Waals surface area contributed by atoms with Gasteiger partial charge in [-0.1, -0.05) is 53.8 Å². The summed E-state index contributed by atoms with van der Waals surface area (Å²) in [6.45, 7) is 6.03. The summed E-state index contributed by atoms with van der Waals surface area (Å²) in [6, 6.07) is 17.7. The predicted octanol–water partition coefficient (Wildman–Crippen LogP) is 3.97. The van der Waals surface area contributed by atoms with Crippen LogP contribution in [0, 0.1) is 6.92 Å². The number of nitrogens with zero attached hydrogens (tertiary/aromatic N) is 2. The summed E-state index contributed by atoms with van der Waals surface area (Å²) >= 11 is 1.52. The molecule has 1 saturated heterocycles. The van der Waals surface area contributed by atoms with E-state index < -0.39 is 0 Å². The molecule has 1 aliphatic heterocycles. The number of nitrogens with one attached hydrogen (secondary N) is 1. The highest BCUT2D eigenvalue weighted by Gasteiger charge is 2.19. The Labute approximate surface area is 180 Å². The molecule has 0 bridgehead atoms. The first-order valence-electron chi connectivity index (χ1n) is 10.0. The van der Waals surface area contributed by atoms with Crippen LogP contribution in [-0.4, -0.2) is 48.7 Å². The Hall–Kier alpha value is -2.74. The Morgan fingerprint density at radius 1 is 1.17 bits per heavy atom. The van der Waals surface area contributed by atoms with Gasteiger partial charge in [-0.2, -0.15) is 0 Å². The lowest BCUT2D eigenvalue weighted by Crippen LogP contribution is -2.35. The third-order valence-electron chi connectivity index (χ3n) is 4.82. The molecule has 1 amide bonds. The van der Waals surface area contributed by atoms with Gasteiger partial charge >= 0.3 is 0 Å². The summed E-state index contributed by atoms with van der Waals surface area (Å²) in [5, 5.41) is 3.49. The quantitative estimate of drug-likeness (QED) is 0.623. The van der Waals surface area contributed by atoms with Crippen LogP contribution in [0.25, 0.3) is 11.3 Å². The second kappa shape index (κ2) is 9.84. The van der Waals surface area contributed by atoms with E-state index in [-0.39, 0.29) is 12.5 Å². The van der Waals surface area contributed by atoms with Crippen molar-refractivity contribution in [3.63, 3.8) is 0 Å². The van der Waals surface area contributed by atoms with Crippen LogP contribution in [0.5, 0.6) is 5.75 Å². The molecule has 1 fully saturated rings. The Kier molecular flexibility index (Phi) is 6.74. The molecule has 1 N–H and O–H groups in total. The van der Waals surface area contributed by atoms with Gasteiger partial charge in [-0.3, -0.25) is 15.0 Å². The van der Waals surface area contributed by atoms with Crippen molar-refractivity contribution in [2.75, 3.05) is 38.2 Å². The summed E-state index contributed by atoms with van der Waals surface area (Å²) in [4.78, 5) is 20.6. The van der Waals surface area contributed by atoms with Crippen LogP contribution in [0.1, 0.15) is 10.4 Å². The summed E-state index contributed by atoms with van der Waals surface area (Å²) in [5.74, 6) is 0.463. The van der Waals surface area contributed by atoms with Crippen LogP contribution >= 0.6 is 11.3 Å². The van der Waals surface area contributed by atoms with Crippen molar-refractivity contribution in [3.8, 4) is 17.0 Å². The zero-order valence-electron chi connectivity index (χ0n) is 17.0. The predicted molar refractivity (Wildman–Crippen MR) is 119 cm³/mol. The van der Waals surface area contributed by atoms with Crippen molar-refractivity contribution >= 4 is 22.4 Å². The van der Waals surface area contributed by atoms with E-state index >= 15 is 0 Å². The van der Waals surface area contributed by atoms with E-state index in [0.717, 1.165) is 54.5 Å². The van der Waals surface area contributed by atoms with E-state index in [0.29, 0.717) is 10.9 Å². The van der Waals surface area contributed by atoms with Crippen molar-refractivity contribution in [1.29, 1.82) is 0 Å². The van der Waals surface area contributed by atoms with Gasteiger partial charge in [-0.05, 0) is 24.6 Å². The number of aromatic nitrogens is 1. The monoisotopic (exact) mass is 423 g/mol. The SMILES string of the molecule is Cc1cccc(OCC(=O)Nc2nc(-c3ccccc3)c(CN3CCOCC3)s2)c1. The van der Waals surface area contributed by atoms with E-state index in [2.05, 4.69) is 10.2 Å². The molecular formula is C23H25N3O3S. The molecule has 2 aromatic carbocycles. The van der Waals surface area contributed by atoms with Gasteiger partial charge in [0.2, 0.25) is 0 Å². The molecule has 3 aromatic rings. The van der Waals surface area contributed by atoms with Crippen LogP contribution in [0.4, 0.5) is 5.13 Å². The van der Waals surface area contributed by atoms with Crippen molar-refractivity contribution in [2.45, 2.75) is 13.5 Å². The molecule has 4 rings (SSSR count). The molecule has 2 heterocycles. The molecule has 6 nitrogen and oxygen atoms in total. The van der Waals surface area contributed by atoms with Crippen molar-refractivity contribution < 1.29 is 14.3 Å². The fourth-order valence-corrected chi connectivity index (χ4v) is 4.35.